The number of rotatable bonds is 4. The number of amides is 1. The first kappa shape index (κ1) is 19.1. The molecular formula is C23H25N3O4. The second-order valence-electron chi connectivity index (χ2n) is 8.26. The molecule has 0 bridgehead atoms. The molecule has 2 atom stereocenters. The molecule has 3 aliphatic rings. The fourth-order valence-electron chi connectivity index (χ4n) is 4.86. The van der Waals surface area contributed by atoms with E-state index in [0.717, 1.165) is 36.1 Å². The molecule has 7 heteroatoms. The fraction of sp³-hybridized carbons (Fsp3) is 0.435. The lowest BCUT2D eigenvalue weighted by Gasteiger charge is -2.30. The van der Waals surface area contributed by atoms with Crippen LogP contribution >= 0.6 is 0 Å². The zero-order chi connectivity index (χ0) is 20.7. The summed E-state index contributed by atoms with van der Waals surface area (Å²) in [5.41, 5.74) is 3.36. The Labute approximate surface area is 175 Å². The zero-order valence-corrected chi connectivity index (χ0v) is 16.8. The van der Waals surface area contributed by atoms with Crippen molar-refractivity contribution in [3.8, 4) is 0 Å². The van der Waals surface area contributed by atoms with Crippen LogP contribution in [0.2, 0.25) is 0 Å². The third-order valence-corrected chi connectivity index (χ3v) is 6.36. The SMILES string of the molecule is O=C(O)c1cc2c(nc1N1C[C@@H]3OCCC(=O)N(Cc4ccccc4)[C@H]3C1)CCC2. The lowest BCUT2D eigenvalue weighted by atomic mass is 10.1. The van der Waals surface area contributed by atoms with Crippen LogP contribution in [-0.4, -0.2) is 58.7 Å². The van der Waals surface area contributed by atoms with E-state index in [1.54, 1.807) is 6.07 Å². The molecule has 7 nitrogen and oxygen atoms in total. The van der Waals surface area contributed by atoms with E-state index in [1.807, 2.05) is 40.1 Å². The minimum atomic E-state index is -0.961. The van der Waals surface area contributed by atoms with E-state index in [1.165, 1.54) is 0 Å². The Morgan fingerprint density at radius 2 is 2.00 bits per heavy atom. The van der Waals surface area contributed by atoms with Gasteiger partial charge in [0.05, 0.1) is 25.2 Å². The molecule has 2 fully saturated rings. The number of pyridine rings is 1. The highest BCUT2D eigenvalue weighted by molar-refractivity contribution is 5.94. The van der Waals surface area contributed by atoms with Crippen LogP contribution in [0.15, 0.2) is 36.4 Å². The quantitative estimate of drug-likeness (QED) is 0.837. The van der Waals surface area contributed by atoms with Crippen molar-refractivity contribution in [1.29, 1.82) is 0 Å². The molecule has 0 radical (unpaired) electrons. The second-order valence-corrected chi connectivity index (χ2v) is 8.26. The van der Waals surface area contributed by atoms with Gasteiger partial charge in [0, 0.05) is 25.3 Å². The Morgan fingerprint density at radius 1 is 1.17 bits per heavy atom. The first-order valence-corrected chi connectivity index (χ1v) is 10.6. The number of carbonyl (C=O) groups is 2. The topological polar surface area (TPSA) is 83.0 Å². The molecule has 0 spiro atoms. The number of carbonyl (C=O) groups excluding carboxylic acids is 1. The molecule has 1 N–H and O–H groups in total. The van der Waals surface area contributed by atoms with Gasteiger partial charge in [-0.1, -0.05) is 30.3 Å². The second kappa shape index (κ2) is 7.72. The van der Waals surface area contributed by atoms with E-state index in [2.05, 4.69) is 0 Å². The van der Waals surface area contributed by atoms with E-state index in [0.29, 0.717) is 38.5 Å². The van der Waals surface area contributed by atoms with E-state index in [4.69, 9.17) is 9.72 Å². The van der Waals surface area contributed by atoms with Crippen molar-refractivity contribution in [2.24, 2.45) is 0 Å². The number of hydrogen-bond acceptors (Lipinski definition) is 5. The average molecular weight is 407 g/mol. The molecule has 1 aromatic carbocycles. The van der Waals surface area contributed by atoms with Crippen molar-refractivity contribution in [2.45, 2.75) is 44.4 Å². The molecule has 3 heterocycles. The number of anilines is 1. The van der Waals surface area contributed by atoms with Crippen LogP contribution in [0.4, 0.5) is 5.82 Å². The number of aromatic carboxylic acids is 1. The molecule has 1 aromatic heterocycles. The maximum atomic E-state index is 12.9. The number of aromatic nitrogens is 1. The summed E-state index contributed by atoms with van der Waals surface area (Å²) in [6.45, 7) is 1.98. The van der Waals surface area contributed by atoms with Crippen molar-refractivity contribution >= 4 is 17.7 Å². The van der Waals surface area contributed by atoms with Gasteiger partial charge in [-0.3, -0.25) is 4.79 Å². The van der Waals surface area contributed by atoms with Gasteiger partial charge in [0.2, 0.25) is 5.91 Å². The maximum Gasteiger partial charge on any atom is 0.339 e. The van der Waals surface area contributed by atoms with Gasteiger partial charge in [-0.05, 0) is 36.5 Å². The van der Waals surface area contributed by atoms with Gasteiger partial charge in [-0.25, -0.2) is 9.78 Å². The van der Waals surface area contributed by atoms with E-state index in [-0.39, 0.29) is 23.6 Å². The molecule has 0 saturated carbocycles. The highest BCUT2D eigenvalue weighted by atomic mass is 16.5. The van der Waals surface area contributed by atoms with Crippen molar-refractivity contribution in [1.82, 2.24) is 9.88 Å². The number of hydrogen-bond donors (Lipinski definition) is 1. The van der Waals surface area contributed by atoms with Crippen molar-refractivity contribution in [3.63, 3.8) is 0 Å². The van der Waals surface area contributed by atoms with Gasteiger partial charge < -0.3 is 19.6 Å². The largest absolute Gasteiger partial charge is 0.478 e. The predicted molar refractivity (Wildman–Crippen MR) is 111 cm³/mol. The summed E-state index contributed by atoms with van der Waals surface area (Å²) >= 11 is 0. The summed E-state index contributed by atoms with van der Waals surface area (Å²) in [5.74, 6) is -0.377. The average Bonchev–Trinajstić information content (AvgIpc) is 3.35. The molecule has 156 valence electrons. The fourth-order valence-corrected chi connectivity index (χ4v) is 4.86. The standard InChI is InChI=1S/C23H25N3O4/c27-21-9-10-30-20-14-25(13-19(20)26(21)12-15-5-2-1-3-6-15)22-17(23(28)29)11-16-7-4-8-18(16)24-22/h1-3,5-6,11,19-20H,4,7-10,12-14H2,(H,28,29)/t19-,20-/m0/s1. The monoisotopic (exact) mass is 407 g/mol. The van der Waals surface area contributed by atoms with Crippen molar-refractivity contribution < 1.29 is 19.4 Å². The first-order valence-electron chi connectivity index (χ1n) is 10.6. The third kappa shape index (κ3) is 3.43. The number of ether oxygens (including phenoxy) is 1. The van der Waals surface area contributed by atoms with Crippen LogP contribution in [0.3, 0.4) is 0 Å². The van der Waals surface area contributed by atoms with Crippen LogP contribution in [0.25, 0.3) is 0 Å². The number of aryl methyl sites for hydroxylation is 2. The molecule has 1 amide bonds. The third-order valence-electron chi connectivity index (χ3n) is 6.36. The van der Waals surface area contributed by atoms with Crippen LogP contribution in [-0.2, 0) is 28.9 Å². The molecule has 30 heavy (non-hydrogen) atoms. The molecule has 2 saturated heterocycles. The summed E-state index contributed by atoms with van der Waals surface area (Å²) in [6.07, 6.45) is 3.00. The van der Waals surface area contributed by atoms with Gasteiger partial charge in [0.1, 0.15) is 11.4 Å². The first-order chi connectivity index (χ1) is 14.6. The van der Waals surface area contributed by atoms with Crippen LogP contribution in [0.5, 0.6) is 0 Å². The number of nitrogens with zero attached hydrogens (tertiary/aromatic N) is 3. The minimum Gasteiger partial charge on any atom is -0.478 e. The zero-order valence-electron chi connectivity index (χ0n) is 16.8. The van der Waals surface area contributed by atoms with E-state index < -0.39 is 5.97 Å². The normalized spacial score (nSPS) is 23.3. The van der Waals surface area contributed by atoms with E-state index in [9.17, 15) is 14.7 Å². The van der Waals surface area contributed by atoms with Crippen LogP contribution in [0.1, 0.15) is 40.0 Å². The summed E-state index contributed by atoms with van der Waals surface area (Å²) in [5, 5.41) is 9.79. The summed E-state index contributed by atoms with van der Waals surface area (Å²) in [4.78, 5) is 33.4. The predicted octanol–water partition coefficient (Wildman–Crippen LogP) is 2.27. The van der Waals surface area contributed by atoms with Crippen LogP contribution < -0.4 is 4.90 Å². The van der Waals surface area contributed by atoms with Gasteiger partial charge in [0.25, 0.3) is 0 Å². The summed E-state index contributed by atoms with van der Waals surface area (Å²) in [6, 6.07) is 11.6. The summed E-state index contributed by atoms with van der Waals surface area (Å²) in [7, 11) is 0. The van der Waals surface area contributed by atoms with Gasteiger partial charge >= 0.3 is 5.97 Å². The Hall–Kier alpha value is -2.93. The molecule has 1 aliphatic carbocycles. The maximum absolute atomic E-state index is 12.9. The Bertz CT molecular complexity index is 978. The van der Waals surface area contributed by atoms with Gasteiger partial charge in [0.15, 0.2) is 0 Å². The highest BCUT2D eigenvalue weighted by Gasteiger charge is 2.42. The number of carboxylic acids is 1. The van der Waals surface area contributed by atoms with Crippen molar-refractivity contribution in [2.75, 3.05) is 24.6 Å². The number of fused-ring (bicyclic) bond motifs is 2. The lowest BCUT2D eigenvalue weighted by molar-refractivity contribution is -0.133. The molecular weight excluding hydrogens is 382 g/mol. The number of benzene rings is 1. The smallest absolute Gasteiger partial charge is 0.339 e. The van der Waals surface area contributed by atoms with Crippen molar-refractivity contribution in [3.05, 3.63) is 58.8 Å². The molecule has 2 aliphatic heterocycles. The molecule has 0 unspecified atom stereocenters. The minimum absolute atomic E-state index is 0.0774. The lowest BCUT2D eigenvalue weighted by Crippen LogP contribution is -2.45. The Balaban J connectivity index is 1.45. The summed E-state index contributed by atoms with van der Waals surface area (Å²) < 4.78 is 6.03. The Morgan fingerprint density at radius 3 is 2.80 bits per heavy atom. The van der Waals surface area contributed by atoms with Gasteiger partial charge in [-0.2, -0.15) is 0 Å². The van der Waals surface area contributed by atoms with Crippen LogP contribution in [0, 0.1) is 0 Å². The molecule has 5 rings (SSSR count). The van der Waals surface area contributed by atoms with E-state index >= 15 is 0 Å². The highest BCUT2D eigenvalue weighted by Crippen LogP contribution is 2.32. The Kier molecular flexibility index (Phi) is 4.90. The molecule has 2 aromatic rings. The van der Waals surface area contributed by atoms with Gasteiger partial charge in [-0.15, -0.1) is 0 Å². The number of carboxylic acid groups (broad SMARTS) is 1.